The molecule has 0 saturated heterocycles. The van der Waals surface area contributed by atoms with E-state index in [1.165, 1.54) is 0 Å². The van der Waals surface area contributed by atoms with Crippen molar-refractivity contribution in [1.82, 2.24) is 10.2 Å². The maximum absolute atomic E-state index is 12.2. The maximum atomic E-state index is 12.2. The molecule has 0 spiro atoms. The normalized spacial score (nSPS) is 12.1. The fraction of sp³-hybridized carbons (Fsp3) is 0.500. The molecule has 1 unspecified atom stereocenters. The minimum absolute atomic E-state index is 0.0471. The first-order valence-corrected chi connectivity index (χ1v) is 6.99. The Kier molecular flexibility index (Phi) is 5.74. The molecular formula is C16H24N2O2. The summed E-state index contributed by atoms with van der Waals surface area (Å²) in [6.07, 6.45) is 0. The summed E-state index contributed by atoms with van der Waals surface area (Å²) >= 11 is 0. The Bertz CT molecular complexity index is 466. The molecule has 2 amide bonds. The van der Waals surface area contributed by atoms with E-state index >= 15 is 0 Å². The first kappa shape index (κ1) is 16.2. The fourth-order valence-electron chi connectivity index (χ4n) is 1.84. The summed E-state index contributed by atoms with van der Waals surface area (Å²) < 4.78 is 0. The number of hydrogen-bond acceptors (Lipinski definition) is 2. The van der Waals surface area contributed by atoms with Gasteiger partial charge in [-0.3, -0.25) is 9.59 Å². The number of amides is 2. The topological polar surface area (TPSA) is 49.4 Å². The van der Waals surface area contributed by atoms with Crippen LogP contribution in [0.3, 0.4) is 0 Å². The van der Waals surface area contributed by atoms with Gasteiger partial charge in [0.05, 0.1) is 0 Å². The van der Waals surface area contributed by atoms with Crippen LogP contribution in [0.5, 0.6) is 0 Å². The van der Waals surface area contributed by atoms with Crippen molar-refractivity contribution >= 4 is 11.8 Å². The smallest absolute Gasteiger partial charge is 0.251 e. The number of aryl methyl sites for hydroxylation is 1. The second-order valence-electron chi connectivity index (χ2n) is 5.41. The Hall–Kier alpha value is -1.84. The molecule has 0 saturated carbocycles. The summed E-state index contributed by atoms with van der Waals surface area (Å²) in [5.41, 5.74) is 1.68. The zero-order valence-corrected chi connectivity index (χ0v) is 12.9. The van der Waals surface area contributed by atoms with Crippen LogP contribution < -0.4 is 5.32 Å². The van der Waals surface area contributed by atoms with Crippen molar-refractivity contribution in [3.63, 3.8) is 0 Å². The van der Waals surface area contributed by atoms with Crippen LogP contribution in [0.25, 0.3) is 0 Å². The number of rotatable bonds is 5. The molecule has 0 radical (unpaired) electrons. The number of carbonyl (C=O) groups excluding carboxylic acids is 2. The summed E-state index contributed by atoms with van der Waals surface area (Å²) in [5.74, 6) is -0.213. The third-order valence-corrected chi connectivity index (χ3v) is 3.38. The zero-order chi connectivity index (χ0) is 15.3. The Morgan fingerprint density at radius 3 is 2.20 bits per heavy atom. The van der Waals surface area contributed by atoms with E-state index in [2.05, 4.69) is 5.32 Å². The minimum Gasteiger partial charge on any atom is -0.344 e. The Balaban J connectivity index is 2.83. The maximum Gasteiger partial charge on any atom is 0.251 e. The third kappa shape index (κ3) is 4.08. The molecule has 0 aliphatic heterocycles. The van der Waals surface area contributed by atoms with Crippen LogP contribution >= 0.6 is 0 Å². The van der Waals surface area contributed by atoms with E-state index in [1.807, 2.05) is 39.8 Å². The monoisotopic (exact) mass is 276 g/mol. The molecule has 1 N–H and O–H groups in total. The van der Waals surface area contributed by atoms with Gasteiger partial charge in [-0.1, -0.05) is 31.5 Å². The van der Waals surface area contributed by atoms with Crippen LogP contribution in [0, 0.1) is 12.8 Å². The SMILES string of the molecule is CCN(C)C(=O)C(NC(=O)c1ccc(C)cc1)C(C)C. The number of nitrogens with zero attached hydrogens (tertiary/aromatic N) is 1. The summed E-state index contributed by atoms with van der Waals surface area (Å²) in [7, 11) is 1.75. The fourth-order valence-corrected chi connectivity index (χ4v) is 1.84. The molecule has 110 valence electrons. The second-order valence-corrected chi connectivity index (χ2v) is 5.41. The molecule has 0 fully saturated rings. The lowest BCUT2D eigenvalue weighted by Crippen LogP contribution is -2.50. The van der Waals surface area contributed by atoms with Gasteiger partial charge in [0.25, 0.3) is 5.91 Å². The zero-order valence-electron chi connectivity index (χ0n) is 12.9. The number of benzene rings is 1. The van der Waals surface area contributed by atoms with Gasteiger partial charge >= 0.3 is 0 Å². The molecular weight excluding hydrogens is 252 g/mol. The molecule has 1 atom stereocenters. The van der Waals surface area contributed by atoms with Crippen LogP contribution in [-0.2, 0) is 4.79 Å². The van der Waals surface area contributed by atoms with Crippen LogP contribution in [0.1, 0.15) is 36.7 Å². The van der Waals surface area contributed by atoms with Crippen molar-refractivity contribution in [1.29, 1.82) is 0 Å². The van der Waals surface area contributed by atoms with Crippen molar-refractivity contribution in [2.45, 2.75) is 33.7 Å². The highest BCUT2D eigenvalue weighted by molar-refractivity contribution is 5.97. The van der Waals surface area contributed by atoms with Gasteiger partial charge < -0.3 is 10.2 Å². The molecule has 1 rings (SSSR count). The molecule has 0 aliphatic carbocycles. The molecule has 0 bridgehead atoms. The quantitative estimate of drug-likeness (QED) is 0.896. The van der Waals surface area contributed by atoms with E-state index in [0.717, 1.165) is 5.56 Å². The van der Waals surface area contributed by atoms with E-state index in [-0.39, 0.29) is 17.7 Å². The predicted molar refractivity (Wildman–Crippen MR) is 80.6 cm³/mol. The summed E-state index contributed by atoms with van der Waals surface area (Å²) in [6, 6.07) is 6.83. The Morgan fingerprint density at radius 2 is 1.75 bits per heavy atom. The molecule has 1 aromatic carbocycles. The predicted octanol–water partition coefficient (Wildman–Crippen LogP) is 2.23. The van der Waals surface area contributed by atoms with Gasteiger partial charge in [-0.25, -0.2) is 0 Å². The van der Waals surface area contributed by atoms with Crippen molar-refractivity contribution in [3.05, 3.63) is 35.4 Å². The van der Waals surface area contributed by atoms with Crippen LogP contribution in [0.4, 0.5) is 0 Å². The lowest BCUT2D eigenvalue weighted by atomic mass is 10.0. The van der Waals surface area contributed by atoms with Crippen LogP contribution in [0.2, 0.25) is 0 Å². The van der Waals surface area contributed by atoms with Crippen molar-refractivity contribution in [2.75, 3.05) is 13.6 Å². The van der Waals surface area contributed by atoms with Crippen molar-refractivity contribution in [2.24, 2.45) is 5.92 Å². The van der Waals surface area contributed by atoms with Gasteiger partial charge in [-0.05, 0) is 31.9 Å². The van der Waals surface area contributed by atoms with E-state index in [0.29, 0.717) is 12.1 Å². The summed E-state index contributed by atoms with van der Waals surface area (Å²) in [4.78, 5) is 26.1. The largest absolute Gasteiger partial charge is 0.344 e. The first-order chi connectivity index (χ1) is 9.36. The average Bonchev–Trinajstić information content (AvgIpc) is 2.43. The van der Waals surface area contributed by atoms with Gasteiger partial charge in [0.2, 0.25) is 5.91 Å². The number of nitrogens with one attached hydrogen (secondary N) is 1. The summed E-state index contributed by atoms with van der Waals surface area (Å²) in [6.45, 7) is 8.38. The number of likely N-dealkylation sites (N-methyl/N-ethyl adjacent to an activating group) is 1. The van der Waals surface area contributed by atoms with E-state index < -0.39 is 6.04 Å². The number of carbonyl (C=O) groups is 2. The standard InChI is InChI=1S/C16H24N2O2/c1-6-18(5)16(20)14(11(2)3)17-15(19)13-9-7-12(4)8-10-13/h7-11,14H,6H2,1-5H3,(H,17,19). The van der Waals surface area contributed by atoms with Crippen LogP contribution in [-0.4, -0.2) is 36.3 Å². The van der Waals surface area contributed by atoms with Crippen molar-refractivity contribution < 1.29 is 9.59 Å². The first-order valence-electron chi connectivity index (χ1n) is 6.99. The highest BCUT2D eigenvalue weighted by atomic mass is 16.2. The molecule has 4 heteroatoms. The average molecular weight is 276 g/mol. The Morgan fingerprint density at radius 1 is 1.20 bits per heavy atom. The van der Waals surface area contributed by atoms with Crippen LogP contribution in [0.15, 0.2) is 24.3 Å². The lowest BCUT2D eigenvalue weighted by Gasteiger charge is -2.26. The molecule has 0 heterocycles. The molecule has 0 aromatic heterocycles. The van der Waals surface area contributed by atoms with Crippen molar-refractivity contribution in [3.8, 4) is 0 Å². The third-order valence-electron chi connectivity index (χ3n) is 3.38. The molecule has 4 nitrogen and oxygen atoms in total. The molecule has 20 heavy (non-hydrogen) atoms. The van der Waals surface area contributed by atoms with E-state index in [1.54, 1.807) is 24.1 Å². The highest BCUT2D eigenvalue weighted by Crippen LogP contribution is 2.08. The minimum atomic E-state index is -0.492. The van der Waals surface area contributed by atoms with Gasteiger partial charge in [-0.2, -0.15) is 0 Å². The Labute approximate surface area is 121 Å². The summed E-state index contributed by atoms with van der Waals surface area (Å²) in [5, 5.41) is 2.84. The van der Waals surface area contributed by atoms with E-state index in [9.17, 15) is 9.59 Å². The lowest BCUT2D eigenvalue weighted by molar-refractivity contribution is -0.132. The van der Waals surface area contributed by atoms with Gasteiger partial charge in [-0.15, -0.1) is 0 Å². The second kappa shape index (κ2) is 7.08. The molecule has 0 aliphatic rings. The van der Waals surface area contributed by atoms with Gasteiger partial charge in [0.15, 0.2) is 0 Å². The van der Waals surface area contributed by atoms with Gasteiger partial charge in [0.1, 0.15) is 6.04 Å². The van der Waals surface area contributed by atoms with Gasteiger partial charge in [0, 0.05) is 19.2 Å². The van der Waals surface area contributed by atoms with E-state index in [4.69, 9.17) is 0 Å². The highest BCUT2D eigenvalue weighted by Gasteiger charge is 2.26. The number of hydrogen-bond donors (Lipinski definition) is 1. The molecule has 1 aromatic rings.